The molecule has 1 aromatic carbocycles. The summed E-state index contributed by atoms with van der Waals surface area (Å²) in [5.41, 5.74) is 2.26. The summed E-state index contributed by atoms with van der Waals surface area (Å²) in [6, 6.07) is 1.98. The van der Waals surface area contributed by atoms with Crippen molar-refractivity contribution in [3.63, 3.8) is 0 Å². The molecule has 138 valence electrons. The third kappa shape index (κ3) is 5.66. The van der Waals surface area contributed by atoms with Gasteiger partial charge in [0.25, 0.3) is 0 Å². The first-order chi connectivity index (χ1) is 11.7. The molecule has 3 nitrogen and oxygen atoms in total. The zero-order chi connectivity index (χ0) is 19.1. The second-order valence-electron chi connectivity index (χ2n) is 6.06. The molecular weight excluding hydrogens is 327 g/mol. The normalized spacial score (nSPS) is 13.6. The lowest BCUT2D eigenvalue weighted by atomic mass is 10.1. The summed E-state index contributed by atoms with van der Waals surface area (Å²) in [5.74, 6) is -3.48. The van der Waals surface area contributed by atoms with Gasteiger partial charge in [-0.05, 0) is 38.3 Å². The highest BCUT2D eigenvalue weighted by Gasteiger charge is 2.17. The van der Waals surface area contributed by atoms with Crippen LogP contribution in [0.4, 0.5) is 18.9 Å². The molecule has 1 N–H and O–H groups in total. The molecule has 0 heterocycles. The van der Waals surface area contributed by atoms with E-state index in [0.717, 1.165) is 29.7 Å². The standard InChI is InChI=1S/C19H26F3N3/c1-7-14(4)25(11-13(3)12(2)10-23-6)15(5)24-16-8-17(20)19(22)18(21)9-16/h8-10,14,24H,5,7,11H2,1-4,6H3/b13-12+,23-10-/t14-/m0/s1. The van der Waals surface area contributed by atoms with Crippen LogP contribution in [0.25, 0.3) is 0 Å². The minimum absolute atomic E-state index is 0.114. The fourth-order valence-electron chi connectivity index (χ4n) is 2.29. The molecular formula is C19H26F3N3. The van der Waals surface area contributed by atoms with Gasteiger partial charge in [-0.2, -0.15) is 0 Å². The van der Waals surface area contributed by atoms with Crippen molar-refractivity contribution >= 4 is 11.9 Å². The minimum atomic E-state index is -1.48. The lowest BCUT2D eigenvalue weighted by molar-refractivity contribution is 0.285. The van der Waals surface area contributed by atoms with Crippen molar-refractivity contribution in [1.82, 2.24) is 4.90 Å². The molecule has 1 atom stereocenters. The van der Waals surface area contributed by atoms with E-state index in [1.165, 1.54) is 0 Å². The Morgan fingerprint density at radius 3 is 2.32 bits per heavy atom. The summed E-state index contributed by atoms with van der Waals surface area (Å²) in [4.78, 5) is 6.01. The Balaban J connectivity index is 3.04. The van der Waals surface area contributed by atoms with Crippen LogP contribution >= 0.6 is 0 Å². The van der Waals surface area contributed by atoms with Crippen LogP contribution in [0.15, 0.2) is 40.7 Å². The molecule has 0 radical (unpaired) electrons. The van der Waals surface area contributed by atoms with Crippen LogP contribution in [-0.4, -0.2) is 30.7 Å². The summed E-state index contributed by atoms with van der Waals surface area (Å²) in [6.45, 7) is 12.6. The van der Waals surface area contributed by atoms with Gasteiger partial charge in [-0.25, -0.2) is 13.2 Å². The van der Waals surface area contributed by atoms with Crippen molar-refractivity contribution in [2.45, 2.75) is 40.2 Å². The maximum atomic E-state index is 13.4. The number of hydrogen-bond acceptors (Lipinski definition) is 3. The maximum Gasteiger partial charge on any atom is 0.194 e. The van der Waals surface area contributed by atoms with E-state index in [0.29, 0.717) is 12.4 Å². The molecule has 1 aromatic rings. The van der Waals surface area contributed by atoms with Crippen LogP contribution in [0, 0.1) is 17.5 Å². The van der Waals surface area contributed by atoms with Crippen molar-refractivity contribution in [3.05, 3.63) is 53.1 Å². The van der Waals surface area contributed by atoms with Crippen molar-refractivity contribution < 1.29 is 13.2 Å². The van der Waals surface area contributed by atoms with Gasteiger partial charge in [0.1, 0.15) is 0 Å². The number of allylic oxidation sites excluding steroid dienone is 1. The number of hydrogen-bond donors (Lipinski definition) is 1. The molecule has 6 heteroatoms. The molecule has 0 aliphatic heterocycles. The molecule has 0 fully saturated rings. The van der Waals surface area contributed by atoms with Gasteiger partial charge in [0.15, 0.2) is 17.5 Å². The molecule has 0 unspecified atom stereocenters. The number of nitrogens with one attached hydrogen (secondary N) is 1. The van der Waals surface area contributed by atoms with E-state index in [2.05, 4.69) is 16.9 Å². The zero-order valence-corrected chi connectivity index (χ0v) is 15.5. The number of benzene rings is 1. The van der Waals surface area contributed by atoms with E-state index in [9.17, 15) is 13.2 Å². The summed E-state index contributed by atoms with van der Waals surface area (Å²) in [6.07, 6.45) is 2.64. The van der Waals surface area contributed by atoms with Gasteiger partial charge < -0.3 is 10.2 Å². The van der Waals surface area contributed by atoms with Gasteiger partial charge >= 0.3 is 0 Å². The van der Waals surface area contributed by atoms with Crippen molar-refractivity contribution in [3.8, 4) is 0 Å². The highest BCUT2D eigenvalue weighted by molar-refractivity contribution is 5.78. The molecule has 0 bridgehead atoms. The Bertz CT molecular complexity index is 657. The van der Waals surface area contributed by atoms with Crippen molar-refractivity contribution in [2.24, 2.45) is 4.99 Å². The molecule has 0 aliphatic carbocycles. The second-order valence-corrected chi connectivity index (χ2v) is 6.06. The van der Waals surface area contributed by atoms with Crippen LogP contribution < -0.4 is 5.32 Å². The van der Waals surface area contributed by atoms with Gasteiger partial charge in [0.05, 0.1) is 5.82 Å². The first kappa shape index (κ1) is 20.8. The van der Waals surface area contributed by atoms with Crippen molar-refractivity contribution in [1.29, 1.82) is 0 Å². The molecule has 1 rings (SSSR count). The van der Waals surface area contributed by atoms with E-state index < -0.39 is 17.5 Å². The van der Waals surface area contributed by atoms with Crippen LogP contribution in [0.1, 0.15) is 34.1 Å². The number of halogens is 3. The van der Waals surface area contributed by atoms with Gasteiger partial charge in [0, 0.05) is 43.7 Å². The molecule has 0 amide bonds. The van der Waals surface area contributed by atoms with Gasteiger partial charge in [-0.1, -0.05) is 13.5 Å². The van der Waals surface area contributed by atoms with Crippen LogP contribution in [0.3, 0.4) is 0 Å². The molecule has 0 spiro atoms. The van der Waals surface area contributed by atoms with E-state index in [1.54, 1.807) is 13.3 Å². The topological polar surface area (TPSA) is 27.6 Å². The summed E-state index contributed by atoms with van der Waals surface area (Å²) < 4.78 is 39.9. The quantitative estimate of drug-likeness (QED) is 0.518. The van der Waals surface area contributed by atoms with Crippen LogP contribution in [-0.2, 0) is 0 Å². The van der Waals surface area contributed by atoms with Crippen molar-refractivity contribution in [2.75, 3.05) is 18.9 Å². The molecule has 0 saturated heterocycles. The Labute approximate surface area is 147 Å². The van der Waals surface area contributed by atoms with Gasteiger partial charge in [0.2, 0.25) is 0 Å². The first-order valence-electron chi connectivity index (χ1n) is 8.16. The summed E-state index contributed by atoms with van der Waals surface area (Å²) in [5, 5.41) is 2.87. The highest BCUT2D eigenvalue weighted by Crippen LogP contribution is 2.21. The lowest BCUT2D eigenvalue weighted by Crippen LogP contribution is -2.36. The van der Waals surface area contributed by atoms with E-state index in [4.69, 9.17) is 0 Å². The molecule has 0 saturated carbocycles. The average molecular weight is 353 g/mol. The van der Waals surface area contributed by atoms with E-state index in [1.807, 2.05) is 32.6 Å². The predicted molar refractivity (Wildman–Crippen MR) is 98.3 cm³/mol. The summed E-state index contributed by atoms with van der Waals surface area (Å²) >= 11 is 0. The Kier molecular flexibility index (Phi) is 7.74. The lowest BCUT2D eigenvalue weighted by Gasteiger charge is -2.33. The first-order valence-corrected chi connectivity index (χ1v) is 8.16. The third-order valence-electron chi connectivity index (χ3n) is 4.15. The predicted octanol–water partition coefficient (Wildman–Crippen LogP) is 5.12. The van der Waals surface area contributed by atoms with Gasteiger partial charge in [-0.15, -0.1) is 0 Å². The molecule has 0 aromatic heterocycles. The Morgan fingerprint density at radius 2 is 1.84 bits per heavy atom. The zero-order valence-electron chi connectivity index (χ0n) is 15.5. The fourth-order valence-corrected chi connectivity index (χ4v) is 2.29. The minimum Gasteiger partial charge on any atom is -0.352 e. The van der Waals surface area contributed by atoms with Crippen LogP contribution in [0.2, 0.25) is 0 Å². The number of rotatable bonds is 8. The summed E-state index contributed by atoms with van der Waals surface area (Å²) in [7, 11) is 1.71. The largest absolute Gasteiger partial charge is 0.352 e. The molecule has 25 heavy (non-hydrogen) atoms. The molecule has 0 aliphatic rings. The van der Waals surface area contributed by atoms with Crippen LogP contribution in [0.5, 0.6) is 0 Å². The highest BCUT2D eigenvalue weighted by atomic mass is 19.2. The second kappa shape index (κ2) is 9.30. The number of aliphatic imine (C=N–C) groups is 1. The van der Waals surface area contributed by atoms with E-state index in [-0.39, 0.29) is 11.7 Å². The maximum absolute atomic E-state index is 13.4. The van der Waals surface area contributed by atoms with Gasteiger partial charge in [-0.3, -0.25) is 4.99 Å². The Morgan fingerprint density at radius 1 is 1.28 bits per heavy atom. The van der Waals surface area contributed by atoms with E-state index >= 15 is 0 Å². The smallest absolute Gasteiger partial charge is 0.194 e. The monoisotopic (exact) mass is 353 g/mol. The number of nitrogens with zero attached hydrogens (tertiary/aromatic N) is 2. The SMILES string of the molecule is C=C(Nc1cc(F)c(F)c(F)c1)N(C/C(C)=C(C)/C=N\C)[C@@H](C)CC. The Hall–Kier alpha value is -2.24. The average Bonchev–Trinajstić information content (AvgIpc) is 2.56. The fraction of sp³-hybridized carbons (Fsp3) is 0.421. The third-order valence-corrected chi connectivity index (χ3v) is 4.15. The number of anilines is 1.